The van der Waals surface area contributed by atoms with E-state index in [-0.39, 0.29) is 18.5 Å². The van der Waals surface area contributed by atoms with E-state index < -0.39 is 0 Å². The summed E-state index contributed by atoms with van der Waals surface area (Å²) in [5.74, 6) is 0. The molecule has 0 spiro atoms. The van der Waals surface area contributed by atoms with Crippen LogP contribution in [0.2, 0.25) is 10.0 Å². The zero-order valence-electron chi connectivity index (χ0n) is 17.2. The third kappa shape index (κ3) is 6.55. The Morgan fingerprint density at radius 1 is 1.13 bits per heavy atom. The fourth-order valence-electron chi connectivity index (χ4n) is 3.66. The van der Waals surface area contributed by atoms with Crippen LogP contribution < -0.4 is 0 Å². The largest absolute Gasteiger partial charge is 0.369 e. The lowest BCUT2D eigenvalue weighted by Gasteiger charge is -2.31. The van der Waals surface area contributed by atoms with E-state index in [1.807, 2.05) is 47.4 Å². The average Bonchev–Trinajstić information content (AvgIpc) is 3.30. The monoisotopic (exact) mass is 460 g/mol. The van der Waals surface area contributed by atoms with E-state index in [9.17, 15) is 0 Å². The van der Waals surface area contributed by atoms with Crippen LogP contribution in [0.15, 0.2) is 67.3 Å². The molecule has 0 bridgehead atoms. The van der Waals surface area contributed by atoms with Gasteiger partial charge >= 0.3 is 0 Å². The SMILES string of the molecule is Clc1ccc(COC2CCCC(COC(Cn3ccnc3)c3ccccc3)O2)c(Cl)c1. The summed E-state index contributed by atoms with van der Waals surface area (Å²) >= 11 is 12.2. The molecule has 2 heterocycles. The Morgan fingerprint density at radius 3 is 2.77 bits per heavy atom. The number of aromatic nitrogens is 2. The van der Waals surface area contributed by atoms with Crippen molar-refractivity contribution in [3.63, 3.8) is 0 Å². The van der Waals surface area contributed by atoms with Gasteiger partial charge in [0.25, 0.3) is 0 Å². The van der Waals surface area contributed by atoms with Gasteiger partial charge < -0.3 is 18.8 Å². The number of imidazole rings is 1. The topological polar surface area (TPSA) is 45.5 Å². The zero-order chi connectivity index (χ0) is 21.5. The number of ether oxygens (including phenoxy) is 3. The smallest absolute Gasteiger partial charge is 0.158 e. The predicted octanol–water partition coefficient (Wildman–Crippen LogP) is 6.06. The third-order valence-corrected chi connectivity index (χ3v) is 5.93. The van der Waals surface area contributed by atoms with Crippen LogP contribution in [-0.2, 0) is 27.4 Å². The highest BCUT2D eigenvalue weighted by Gasteiger charge is 2.25. The fraction of sp³-hybridized carbons (Fsp3) is 0.375. The van der Waals surface area contributed by atoms with Crippen LogP contribution in [0, 0.1) is 0 Å². The van der Waals surface area contributed by atoms with Gasteiger partial charge in [-0.2, -0.15) is 0 Å². The van der Waals surface area contributed by atoms with Crippen LogP contribution in [0.3, 0.4) is 0 Å². The highest BCUT2D eigenvalue weighted by atomic mass is 35.5. The Labute approximate surface area is 192 Å². The number of halogens is 2. The lowest BCUT2D eigenvalue weighted by atomic mass is 10.1. The molecule has 0 aliphatic carbocycles. The van der Waals surface area contributed by atoms with Crippen molar-refractivity contribution in [2.45, 2.75) is 50.9 Å². The molecule has 164 valence electrons. The summed E-state index contributed by atoms with van der Waals surface area (Å²) in [5, 5.41) is 1.22. The number of hydrogen-bond acceptors (Lipinski definition) is 4. The molecule has 7 heteroatoms. The summed E-state index contributed by atoms with van der Waals surface area (Å²) in [5.41, 5.74) is 2.04. The summed E-state index contributed by atoms with van der Waals surface area (Å²) in [6.07, 6.45) is 8.03. The molecular formula is C24H26Cl2N2O3. The summed E-state index contributed by atoms with van der Waals surface area (Å²) in [6.45, 7) is 1.60. The lowest BCUT2D eigenvalue weighted by Crippen LogP contribution is -2.33. The number of benzene rings is 2. The Hall–Kier alpha value is -1.89. The number of nitrogens with zero attached hydrogens (tertiary/aromatic N) is 2. The van der Waals surface area contributed by atoms with E-state index in [0.717, 1.165) is 30.4 Å². The van der Waals surface area contributed by atoms with E-state index in [0.29, 0.717) is 29.8 Å². The molecule has 5 nitrogen and oxygen atoms in total. The van der Waals surface area contributed by atoms with Crippen molar-refractivity contribution in [3.05, 3.63) is 88.4 Å². The van der Waals surface area contributed by atoms with Gasteiger partial charge in [-0.15, -0.1) is 0 Å². The maximum atomic E-state index is 6.32. The molecule has 3 aromatic rings. The first-order valence-electron chi connectivity index (χ1n) is 10.5. The van der Waals surface area contributed by atoms with Crippen LogP contribution in [0.4, 0.5) is 0 Å². The quantitative estimate of drug-likeness (QED) is 0.389. The molecule has 1 saturated heterocycles. The van der Waals surface area contributed by atoms with Gasteiger partial charge in [-0.1, -0.05) is 59.6 Å². The molecule has 4 rings (SSSR count). The van der Waals surface area contributed by atoms with Crippen molar-refractivity contribution in [2.24, 2.45) is 0 Å². The highest BCUT2D eigenvalue weighted by Crippen LogP contribution is 2.27. The molecule has 3 unspecified atom stereocenters. The minimum Gasteiger partial charge on any atom is -0.369 e. The van der Waals surface area contributed by atoms with Crippen molar-refractivity contribution >= 4 is 23.2 Å². The van der Waals surface area contributed by atoms with Crippen LogP contribution in [-0.4, -0.2) is 28.6 Å². The van der Waals surface area contributed by atoms with Crippen LogP contribution in [0.1, 0.15) is 36.5 Å². The van der Waals surface area contributed by atoms with Crippen molar-refractivity contribution in [1.29, 1.82) is 0 Å². The maximum absolute atomic E-state index is 6.32. The van der Waals surface area contributed by atoms with E-state index in [1.54, 1.807) is 12.3 Å². The predicted molar refractivity (Wildman–Crippen MR) is 121 cm³/mol. The first kappa shape index (κ1) is 22.3. The summed E-state index contributed by atoms with van der Waals surface area (Å²) in [7, 11) is 0. The van der Waals surface area contributed by atoms with Gasteiger partial charge in [-0.3, -0.25) is 0 Å². The molecule has 0 N–H and O–H groups in total. The Kier molecular flexibility index (Phi) is 8.00. The minimum absolute atomic E-state index is 0.00607. The van der Waals surface area contributed by atoms with Gasteiger partial charge in [-0.25, -0.2) is 4.98 Å². The molecule has 0 saturated carbocycles. The second kappa shape index (κ2) is 11.1. The van der Waals surface area contributed by atoms with Crippen molar-refractivity contribution in [2.75, 3.05) is 6.61 Å². The Bertz CT molecular complexity index is 937. The molecule has 1 aromatic heterocycles. The summed E-state index contributed by atoms with van der Waals surface area (Å²) in [4.78, 5) is 4.13. The molecule has 0 amide bonds. The zero-order valence-corrected chi connectivity index (χ0v) is 18.7. The normalized spacial score (nSPS) is 19.9. The summed E-state index contributed by atoms with van der Waals surface area (Å²) < 4.78 is 20.5. The molecule has 1 fully saturated rings. The van der Waals surface area contributed by atoms with Crippen molar-refractivity contribution < 1.29 is 14.2 Å². The van der Waals surface area contributed by atoms with Crippen LogP contribution >= 0.6 is 23.2 Å². The van der Waals surface area contributed by atoms with E-state index in [2.05, 4.69) is 17.1 Å². The first-order chi connectivity index (χ1) is 15.2. The second-order valence-electron chi connectivity index (χ2n) is 7.66. The molecule has 0 radical (unpaired) electrons. The fourth-order valence-corrected chi connectivity index (χ4v) is 4.12. The van der Waals surface area contributed by atoms with E-state index in [4.69, 9.17) is 37.4 Å². The molecule has 3 atom stereocenters. The Morgan fingerprint density at radius 2 is 2.00 bits per heavy atom. The van der Waals surface area contributed by atoms with Crippen molar-refractivity contribution in [3.8, 4) is 0 Å². The van der Waals surface area contributed by atoms with Gasteiger partial charge in [0.05, 0.1) is 32.2 Å². The third-order valence-electron chi connectivity index (χ3n) is 5.34. The average molecular weight is 461 g/mol. The second-order valence-corrected chi connectivity index (χ2v) is 8.50. The lowest BCUT2D eigenvalue weighted by molar-refractivity contribution is -0.213. The first-order valence-corrected chi connectivity index (χ1v) is 11.3. The molecule has 1 aliphatic heterocycles. The van der Waals surface area contributed by atoms with E-state index in [1.165, 1.54) is 0 Å². The van der Waals surface area contributed by atoms with Crippen LogP contribution in [0.5, 0.6) is 0 Å². The van der Waals surface area contributed by atoms with Crippen molar-refractivity contribution in [1.82, 2.24) is 9.55 Å². The van der Waals surface area contributed by atoms with Gasteiger partial charge in [-0.05, 0) is 42.5 Å². The molecular weight excluding hydrogens is 435 g/mol. The number of hydrogen-bond donors (Lipinski definition) is 0. The van der Waals surface area contributed by atoms with Gasteiger partial charge in [0.1, 0.15) is 6.10 Å². The van der Waals surface area contributed by atoms with E-state index >= 15 is 0 Å². The minimum atomic E-state index is -0.266. The van der Waals surface area contributed by atoms with Crippen LogP contribution in [0.25, 0.3) is 0 Å². The molecule has 2 aromatic carbocycles. The Balaban J connectivity index is 1.31. The molecule has 31 heavy (non-hydrogen) atoms. The standard InChI is InChI=1S/C24H26Cl2N2O3/c25-20-10-9-19(22(26)13-20)15-30-24-8-4-7-21(31-24)16-29-23(14-28-12-11-27-17-28)18-5-2-1-3-6-18/h1-3,5-6,9-13,17,21,23-24H,4,7-8,14-16H2. The molecule has 1 aliphatic rings. The van der Waals surface area contributed by atoms with Gasteiger partial charge in [0.2, 0.25) is 0 Å². The van der Waals surface area contributed by atoms with Gasteiger partial charge in [0, 0.05) is 22.4 Å². The maximum Gasteiger partial charge on any atom is 0.158 e. The summed E-state index contributed by atoms with van der Waals surface area (Å²) in [6, 6.07) is 15.7. The van der Waals surface area contributed by atoms with Gasteiger partial charge in [0.15, 0.2) is 6.29 Å². The number of rotatable bonds is 9. The highest BCUT2D eigenvalue weighted by molar-refractivity contribution is 6.35.